The third-order valence-corrected chi connectivity index (χ3v) is 2.42. The second kappa shape index (κ2) is 4.23. The molecule has 0 aromatic heterocycles. The zero-order valence-corrected chi connectivity index (χ0v) is 9.01. The van der Waals surface area contributed by atoms with Crippen molar-refractivity contribution in [2.75, 3.05) is 13.7 Å². The molecule has 0 bridgehead atoms. The lowest BCUT2D eigenvalue weighted by molar-refractivity contribution is -0.0562. The fourth-order valence-electron chi connectivity index (χ4n) is 1.00. The summed E-state index contributed by atoms with van der Waals surface area (Å²) in [5.41, 5.74) is -0.249. The van der Waals surface area contributed by atoms with E-state index in [0.29, 0.717) is 5.75 Å². The van der Waals surface area contributed by atoms with Crippen molar-refractivity contribution in [1.82, 2.24) is 0 Å². The van der Waals surface area contributed by atoms with Crippen LogP contribution in [0.3, 0.4) is 0 Å². The van der Waals surface area contributed by atoms with Gasteiger partial charge in [0.05, 0.1) is 7.11 Å². The number of halogens is 3. The zero-order chi connectivity index (χ0) is 10.8. The Morgan fingerprint density at radius 2 is 2.14 bits per heavy atom. The number of aliphatic hydroxyl groups is 1. The van der Waals surface area contributed by atoms with Crippen molar-refractivity contribution in [1.29, 1.82) is 0 Å². The van der Waals surface area contributed by atoms with E-state index in [1.807, 2.05) is 0 Å². The average molecular weight is 267 g/mol. The predicted octanol–water partition coefficient (Wildman–Crippen LogP) is 2.54. The van der Waals surface area contributed by atoms with Crippen LogP contribution in [0.1, 0.15) is 5.56 Å². The molecule has 0 radical (unpaired) electrons. The molecular formula is C9H9BrF2O2. The first kappa shape index (κ1) is 11.4. The van der Waals surface area contributed by atoms with Gasteiger partial charge in [0.25, 0.3) is 5.92 Å². The first-order valence-electron chi connectivity index (χ1n) is 3.84. The monoisotopic (exact) mass is 266 g/mol. The topological polar surface area (TPSA) is 29.5 Å². The zero-order valence-electron chi connectivity index (χ0n) is 7.43. The third kappa shape index (κ3) is 2.22. The Bertz CT molecular complexity index is 329. The molecule has 0 saturated carbocycles. The molecule has 1 N–H and O–H groups in total. The summed E-state index contributed by atoms with van der Waals surface area (Å²) in [6.07, 6.45) is 0. The Balaban J connectivity index is 3.12. The van der Waals surface area contributed by atoms with Crippen molar-refractivity contribution in [3.05, 3.63) is 28.2 Å². The van der Waals surface area contributed by atoms with E-state index in [2.05, 4.69) is 15.9 Å². The quantitative estimate of drug-likeness (QED) is 0.911. The number of hydrogen-bond donors (Lipinski definition) is 1. The van der Waals surface area contributed by atoms with Gasteiger partial charge >= 0.3 is 0 Å². The van der Waals surface area contributed by atoms with Gasteiger partial charge in [-0.05, 0) is 18.2 Å². The number of methoxy groups -OCH3 is 1. The van der Waals surface area contributed by atoms with E-state index in [4.69, 9.17) is 9.84 Å². The lowest BCUT2D eigenvalue weighted by atomic mass is 10.1. The molecule has 0 amide bonds. The van der Waals surface area contributed by atoms with Gasteiger partial charge in [0.2, 0.25) is 0 Å². The maximum atomic E-state index is 13.1. The molecule has 0 heterocycles. The van der Waals surface area contributed by atoms with Crippen LogP contribution in [0.4, 0.5) is 8.78 Å². The van der Waals surface area contributed by atoms with E-state index in [1.54, 1.807) is 0 Å². The molecule has 0 atom stereocenters. The largest absolute Gasteiger partial charge is 0.497 e. The van der Waals surface area contributed by atoms with Gasteiger partial charge in [-0.15, -0.1) is 0 Å². The summed E-state index contributed by atoms with van der Waals surface area (Å²) in [5, 5.41) is 8.50. The molecule has 1 aromatic rings. The van der Waals surface area contributed by atoms with Crippen LogP contribution < -0.4 is 4.74 Å². The van der Waals surface area contributed by atoms with E-state index in [0.717, 1.165) is 0 Å². The smallest absolute Gasteiger partial charge is 0.296 e. The van der Waals surface area contributed by atoms with Crippen LogP contribution >= 0.6 is 15.9 Å². The normalized spacial score (nSPS) is 11.5. The molecule has 0 unspecified atom stereocenters. The van der Waals surface area contributed by atoms with Gasteiger partial charge in [0.1, 0.15) is 12.4 Å². The summed E-state index contributed by atoms with van der Waals surface area (Å²) in [4.78, 5) is 0. The van der Waals surface area contributed by atoms with Crippen LogP contribution in [-0.2, 0) is 5.92 Å². The molecule has 14 heavy (non-hydrogen) atoms. The Hall–Kier alpha value is -0.680. The Labute approximate surface area is 88.6 Å². The summed E-state index contributed by atoms with van der Waals surface area (Å²) in [7, 11) is 1.45. The lowest BCUT2D eigenvalue weighted by Gasteiger charge is -2.15. The highest BCUT2D eigenvalue weighted by atomic mass is 79.9. The van der Waals surface area contributed by atoms with E-state index in [-0.39, 0.29) is 10.0 Å². The molecule has 0 aliphatic heterocycles. The first-order valence-corrected chi connectivity index (χ1v) is 4.63. The van der Waals surface area contributed by atoms with E-state index in [1.165, 1.54) is 25.3 Å². The maximum Gasteiger partial charge on any atom is 0.296 e. The number of ether oxygens (including phenoxy) is 1. The van der Waals surface area contributed by atoms with Crippen LogP contribution in [0.15, 0.2) is 22.7 Å². The van der Waals surface area contributed by atoms with Crippen molar-refractivity contribution in [3.63, 3.8) is 0 Å². The highest BCUT2D eigenvalue weighted by Gasteiger charge is 2.32. The molecule has 0 aliphatic carbocycles. The van der Waals surface area contributed by atoms with Gasteiger partial charge in [0.15, 0.2) is 0 Å². The number of hydrogen-bond acceptors (Lipinski definition) is 2. The van der Waals surface area contributed by atoms with E-state index in [9.17, 15) is 8.78 Å². The molecule has 1 rings (SSSR count). The number of benzene rings is 1. The summed E-state index contributed by atoms with van der Waals surface area (Å²) in [5.74, 6) is -2.75. The summed E-state index contributed by atoms with van der Waals surface area (Å²) in [6, 6.07) is 4.07. The van der Waals surface area contributed by atoms with E-state index >= 15 is 0 Å². The molecular weight excluding hydrogens is 258 g/mol. The predicted molar refractivity (Wildman–Crippen MR) is 51.7 cm³/mol. The minimum atomic E-state index is -3.23. The van der Waals surface area contributed by atoms with Crippen molar-refractivity contribution >= 4 is 15.9 Å². The molecule has 2 nitrogen and oxygen atoms in total. The SMILES string of the molecule is COc1ccc(C(F)(F)CO)c(Br)c1. The fourth-order valence-corrected chi connectivity index (χ4v) is 1.65. The standard InChI is InChI=1S/C9H9BrF2O2/c1-14-6-2-3-7(8(10)4-6)9(11,12)5-13/h2-4,13H,5H2,1H3. The molecule has 5 heteroatoms. The second-order valence-corrected chi connectivity index (χ2v) is 3.56. The Kier molecular flexibility index (Phi) is 3.44. The second-order valence-electron chi connectivity index (χ2n) is 2.71. The number of aliphatic hydroxyl groups excluding tert-OH is 1. The molecule has 0 fully saturated rings. The first-order chi connectivity index (χ1) is 6.51. The Morgan fingerprint density at radius 1 is 1.50 bits per heavy atom. The molecule has 0 saturated heterocycles. The van der Waals surface area contributed by atoms with Gasteiger partial charge in [-0.2, -0.15) is 8.78 Å². The highest BCUT2D eigenvalue weighted by Crippen LogP contribution is 2.34. The van der Waals surface area contributed by atoms with Gasteiger partial charge in [-0.1, -0.05) is 15.9 Å². The van der Waals surface area contributed by atoms with Crippen LogP contribution in [0.5, 0.6) is 5.75 Å². The van der Waals surface area contributed by atoms with Crippen molar-refractivity contribution in [3.8, 4) is 5.75 Å². The van der Waals surface area contributed by atoms with Gasteiger partial charge in [0, 0.05) is 10.0 Å². The van der Waals surface area contributed by atoms with Crippen molar-refractivity contribution in [2.24, 2.45) is 0 Å². The maximum absolute atomic E-state index is 13.1. The summed E-state index contributed by atoms with van der Waals surface area (Å²) in [6.45, 7) is -1.21. The third-order valence-electron chi connectivity index (χ3n) is 1.77. The molecule has 78 valence electrons. The molecule has 0 aliphatic rings. The van der Waals surface area contributed by atoms with Crippen LogP contribution in [0.25, 0.3) is 0 Å². The summed E-state index contributed by atoms with van der Waals surface area (Å²) >= 11 is 2.99. The lowest BCUT2D eigenvalue weighted by Crippen LogP contribution is -2.18. The minimum Gasteiger partial charge on any atom is -0.497 e. The average Bonchev–Trinajstić information content (AvgIpc) is 2.17. The Morgan fingerprint density at radius 3 is 2.57 bits per heavy atom. The molecule has 0 spiro atoms. The van der Waals surface area contributed by atoms with Crippen LogP contribution in [0, 0.1) is 0 Å². The molecule has 1 aromatic carbocycles. The van der Waals surface area contributed by atoms with Gasteiger partial charge in [-0.3, -0.25) is 0 Å². The number of rotatable bonds is 3. The highest BCUT2D eigenvalue weighted by molar-refractivity contribution is 9.10. The van der Waals surface area contributed by atoms with Crippen LogP contribution in [-0.4, -0.2) is 18.8 Å². The van der Waals surface area contributed by atoms with E-state index < -0.39 is 12.5 Å². The van der Waals surface area contributed by atoms with Crippen molar-refractivity contribution < 1.29 is 18.6 Å². The van der Waals surface area contributed by atoms with Gasteiger partial charge in [-0.25, -0.2) is 0 Å². The van der Waals surface area contributed by atoms with Gasteiger partial charge < -0.3 is 9.84 Å². The summed E-state index contributed by atoms with van der Waals surface area (Å²) < 4.78 is 31.2. The van der Waals surface area contributed by atoms with Crippen LogP contribution in [0.2, 0.25) is 0 Å². The fraction of sp³-hybridized carbons (Fsp3) is 0.333. The van der Waals surface area contributed by atoms with Crippen molar-refractivity contribution in [2.45, 2.75) is 5.92 Å². The number of alkyl halides is 2. The minimum absolute atomic E-state index is 0.218.